The highest BCUT2D eigenvalue weighted by Gasteiger charge is 2.22. The Bertz CT molecular complexity index is 2050. The van der Waals surface area contributed by atoms with Crippen molar-refractivity contribution in [1.29, 1.82) is 0 Å². The Hall–Kier alpha value is -5.29. The molecule has 7 aromatic rings. The predicted molar refractivity (Wildman–Crippen MR) is 152 cm³/mol. The molecule has 3 N–H and O–H groups in total. The van der Waals surface area contributed by atoms with E-state index in [0.717, 1.165) is 16.1 Å². The summed E-state index contributed by atoms with van der Waals surface area (Å²) in [6.07, 6.45) is 6.16. The van der Waals surface area contributed by atoms with Gasteiger partial charge in [0, 0.05) is 40.2 Å². The van der Waals surface area contributed by atoms with Crippen LogP contribution in [-0.4, -0.2) is 41.0 Å². The number of hydrogen-bond donors (Lipinski definition) is 3. The second-order valence-electron chi connectivity index (χ2n) is 9.12. The number of H-pyrrole nitrogens is 2. The van der Waals surface area contributed by atoms with E-state index in [9.17, 15) is 4.79 Å². The van der Waals surface area contributed by atoms with Gasteiger partial charge in [-0.1, -0.05) is 18.2 Å². The van der Waals surface area contributed by atoms with Gasteiger partial charge in [0.25, 0.3) is 5.91 Å². The number of nitrogens with zero attached hydrogens (tertiary/aromatic N) is 5. The number of carbonyl (C=O) groups is 1. The second-order valence-corrected chi connectivity index (χ2v) is 10.4. The van der Waals surface area contributed by atoms with Crippen molar-refractivity contribution in [1.82, 2.24) is 35.1 Å². The largest absolute Gasteiger partial charge is 0.336 e. The standard InChI is InChI=1S/C29H19FN8OS/c1-15-7-8-21(40-15)25-24-20(9-10-32-25)35-28(36-24)26-22-23(30)19(14-33-27(22)38-37-26)17-11-18(13-31-12-17)34-29(39)16-5-3-2-4-6-16/h2-14H,1H3,(H,34,39)(H,35,36)(H,33,37,38). The number of aryl methyl sites for hydroxylation is 1. The third-order valence-electron chi connectivity index (χ3n) is 6.47. The van der Waals surface area contributed by atoms with Gasteiger partial charge < -0.3 is 10.3 Å². The highest BCUT2D eigenvalue weighted by atomic mass is 32.1. The Morgan fingerprint density at radius 1 is 1.00 bits per heavy atom. The van der Waals surface area contributed by atoms with Gasteiger partial charge in [-0.3, -0.25) is 19.9 Å². The van der Waals surface area contributed by atoms with Crippen molar-refractivity contribution >= 4 is 45.0 Å². The minimum absolute atomic E-state index is 0.191. The molecular weight excluding hydrogens is 527 g/mol. The van der Waals surface area contributed by atoms with Gasteiger partial charge in [-0.2, -0.15) is 5.10 Å². The van der Waals surface area contributed by atoms with Crippen LogP contribution in [0.15, 0.2) is 79.4 Å². The number of anilines is 1. The first-order valence-electron chi connectivity index (χ1n) is 12.3. The molecule has 194 valence electrons. The third kappa shape index (κ3) is 4.09. The van der Waals surface area contributed by atoms with E-state index < -0.39 is 5.82 Å². The fourth-order valence-corrected chi connectivity index (χ4v) is 5.43. The zero-order chi connectivity index (χ0) is 27.2. The SMILES string of the molecule is Cc1ccc(-c2nccc3[nH]c(-c4n[nH]c5ncc(-c6cncc(NC(=O)c7ccccc7)c6)c(F)c45)nc23)s1. The number of pyridine rings is 3. The number of thiophene rings is 1. The lowest BCUT2D eigenvalue weighted by molar-refractivity contribution is 0.102. The lowest BCUT2D eigenvalue weighted by Gasteiger charge is -2.08. The summed E-state index contributed by atoms with van der Waals surface area (Å²) in [6.45, 7) is 2.04. The summed E-state index contributed by atoms with van der Waals surface area (Å²) in [4.78, 5) is 35.9. The Kier molecular flexibility index (Phi) is 5.64. The summed E-state index contributed by atoms with van der Waals surface area (Å²) in [6, 6.07) is 16.4. The van der Waals surface area contributed by atoms with E-state index >= 15 is 4.39 Å². The number of rotatable bonds is 5. The molecule has 0 aliphatic rings. The summed E-state index contributed by atoms with van der Waals surface area (Å²) < 4.78 is 16.1. The highest BCUT2D eigenvalue weighted by molar-refractivity contribution is 7.15. The smallest absolute Gasteiger partial charge is 0.255 e. The molecule has 0 atom stereocenters. The topological polar surface area (TPSA) is 125 Å². The second kappa shape index (κ2) is 9.47. The summed E-state index contributed by atoms with van der Waals surface area (Å²) in [5, 5.41) is 10.2. The quantitative estimate of drug-likeness (QED) is 0.230. The average molecular weight is 547 g/mol. The van der Waals surface area contributed by atoms with E-state index in [1.165, 1.54) is 23.5 Å². The Morgan fingerprint density at radius 3 is 2.70 bits per heavy atom. The molecule has 0 radical (unpaired) electrons. The highest BCUT2D eigenvalue weighted by Crippen LogP contribution is 2.35. The molecule has 1 aromatic carbocycles. The monoisotopic (exact) mass is 546 g/mol. The minimum atomic E-state index is -0.533. The molecule has 0 unspecified atom stereocenters. The van der Waals surface area contributed by atoms with Gasteiger partial charge >= 0.3 is 0 Å². The number of aromatic nitrogens is 7. The van der Waals surface area contributed by atoms with Crippen LogP contribution in [0.1, 0.15) is 15.2 Å². The first kappa shape index (κ1) is 23.8. The Labute approximate surface area is 230 Å². The van der Waals surface area contributed by atoms with Crippen LogP contribution in [0.3, 0.4) is 0 Å². The van der Waals surface area contributed by atoms with E-state index in [4.69, 9.17) is 4.98 Å². The molecule has 0 spiro atoms. The van der Waals surface area contributed by atoms with Crippen LogP contribution >= 0.6 is 11.3 Å². The van der Waals surface area contributed by atoms with Crippen molar-refractivity contribution in [2.75, 3.05) is 5.32 Å². The van der Waals surface area contributed by atoms with Gasteiger partial charge in [-0.05, 0) is 43.3 Å². The van der Waals surface area contributed by atoms with Crippen LogP contribution < -0.4 is 5.32 Å². The van der Waals surface area contributed by atoms with E-state index in [1.54, 1.807) is 47.9 Å². The fourth-order valence-electron chi connectivity index (χ4n) is 4.57. The van der Waals surface area contributed by atoms with Gasteiger partial charge in [0.2, 0.25) is 0 Å². The predicted octanol–water partition coefficient (Wildman–Crippen LogP) is 6.39. The van der Waals surface area contributed by atoms with Crippen molar-refractivity contribution < 1.29 is 9.18 Å². The molecule has 7 rings (SSSR count). The van der Waals surface area contributed by atoms with Crippen LogP contribution in [0.5, 0.6) is 0 Å². The molecule has 0 saturated heterocycles. The van der Waals surface area contributed by atoms with Crippen molar-refractivity contribution in [2.45, 2.75) is 6.92 Å². The molecule has 1 amide bonds. The molecule has 0 fully saturated rings. The van der Waals surface area contributed by atoms with Crippen LogP contribution in [0.25, 0.3) is 55.3 Å². The van der Waals surface area contributed by atoms with Gasteiger partial charge in [0.05, 0.1) is 27.7 Å². The number of nitrogens with one attached hydrogen (secondary N) is 3. The van der Waals surface area contributed by atoms with Crippen molar-refractivity contribution in [3.63, 3.8) is 0 Å². The number of amides is 1. The van der Waals surface area contributed by atoms with Gasteiger partial charge in [0.15, 0.2) is 11.5 Å². The lowest BCUT2D eigenvalue weighted by Crippen LogP contribution is -2.11. The Morgan fingerprint density at radius 2 is 1.88 bits per heavy atom. The maximum atomic E-state index is 16.1. The van der Waals surface area contributed by atoms with E-state index in [1.807, 2.05) is 31.2 Å². The maximum Gasteiger partial charge on any atom is 0.255 e. The van der Waals surface area contributed by atoms with Crippen LogP contribution in [0.2, 0.25) is 0 Å². The maximum absolute atomic E-state index is 16.1. The zero-order valence-electron chi connectivity index (χ0n) is 20.9. The fraction of sp³-hybridized carbons (Fsp3) is 0.0345. The third-order valence-corrected chi connectivity index (χ3v) is 7.48. The van der Waals surface area contributed by atoms with E-state index in [-0.39, 0.29) is 22.5 Å². The lowest BCUT2D eigenvalue weighted by atomic mass is 10.1. The average Bonchev–Trinajstić information content (AvgIpc) is 3.72. The number of hydrogen-bond acceptors (Lipinski definition) is 7. The van der Waals surface area contributed by atoms with Crippen LogP contribution in [0, 0.1) is 12.7 Å². The number of aromatic amines is 2. The number of fused-ring (bicyclic) bond motifs is 2. The summed E-state index contributed by atoms with van der Waals surface area (Å²) >= 11 is 1.63. The minimum Gasteiger partial charge on any atom is -0.336 e. The first-order valence-corrected chi connectivity index (χ1v) is 13.1. The molecular formula is C29H19FN8OS. The van der Waals surface area contributed by atoms with Crippen LogP contribution in [-0.2, 0) is 0 Å². The molecule has 6 heterocycles. The number of carbonyl (C=O) groups excluding carboxylic acids is 1. The molecule has 0 aliphatic carbocycles. The van der Waals surface area contributed by atoms with E-state index in [2.05, 4.69) is 35.5 Å². The van der Waals surface area contributed by atoms with Gasteiger partial charge in [-0.15, -0.1) is 11.3 Å². The first-order chi connectivity index (χ1) is 19.5. The van der Waals surface area contributed by atoms with Crippen molar-refractivity contribution in [3.8, 4) is 33.2 Å². The summed E-state index contributed by atoms with van der Waals surface area (Å²) in [5.41, 5.74) is 4.36. The van der Waals surface area contributed by atoms with Crippen molar-refractivity contribution in [2.24, 2.45) is 0 Å². The molecule has 0 saturated carbocycles. The van der Waals surface area contributed by atoms with Crippen molar-refractivity contribution in [3.05, 3.63) is 95.6 Å². The molecule has 0 aliphatic heterocycles. The molecule has 40 heavy (non-hydrogen) atoms. The normalized spacial score (nSPS) is 11.3. The number of benzene rings is 1. The molecule has 0 bridgehead atoms. The molecule has 11 heteroatoms. The van der Waals surface area contributed by atoms with E-state index in [0.29, 0.717) is 33.8 Å². The summed E-state index contributed by atoms with van der Waals surface area (Å²) in [5.74, 6) is -0.430. The van der Waals surface area contributed by atoms with Gasteiger partial charge in [-0.25, -0.2) is 14.4 Å². The van der Waals surface area contributed by atoms with Gasteiger partial charge in [0.1, 0.15) is 22.7 Å². The molecule has 9 nitrogen and oxygen atoms in total. The number of halogens is 1. The Balaban J connectivity index is 1.28. The summed E-state index contributed by atoms with van der Waals surface area (Å²) in [7, 11) is 0. The van der Waals surface area contributed by atoms with Crippen LogP contribution in [0.4, 0.5) is 10.1 Å². The molecule has 6 aromatic heterocycles. The number of imidazole rings is 1. The zero-order valence-corrected chi connectivity index (χ0v) is 21.8.